The van der Waals surface area contributed by atoms with Crippen molar-refractivity contribution < 1.29 is 0 Å². The number of hydrogen-bond acceptors (Lipinski definition) is 6. The molecule has 6 saturated heterocycles. The SMILES string of the molecule is CC(C)(CCC(C)(C)C1CCN(C2CCN(C(C)(C)C)CC2)CC1)CN1CC2CN(C(C)(C)CCC(C)(C)N3CC(N4CCC(C(C)(C)C)CC4)C3)CC2C1. The van der Waals surface area contributed by atoms with Crippen LogP contribution in [-0.2, 0) is 0 Å². The van der Waals surface area contributed by atoms with E-state index in [1.807, 2.05) is 0 Å². The standard InChI is InChI=1S/C49H94N6/c1-44(2,3)40-15-25-52(26-16-40)43-35-55(36-43)49(13,14)24-23-48(11,12)54-33-38-31-50(32-39(38)34-54)37-46(7,8)21-22-47(9,10)41-17-27-51(28-18-41)42-19-29-53(30-20-42)45(4,5)6/h38-43H,15-37H2,1-14H3. The Hall–Kier alpha value is -0.240. The molecule has 0 N–H and O–H groups in total. The lowest BCUT2D eigenvalue weighted by Crippen LogP contribution is -2.66. The zero-order chi connectivity index (χ0) is 40.2. The number of fused-ring (bicyclic) bond motifs is 1. The molecule has 6 aliphatic rings. The minimum atomic E-state index is 0.288. The molecule has 0 saturated carbocycles. The Labute approximate surface area is 343 Å². The number of rotatable bonds is 13. The van der Waals surface area contributed by atoms with Crippen LogP contribution in [0, 0.1) is 39.9 Å². The highest BCUT2D eigenvalue weighted by Gasteiger charge is 2.47. The van der Waals surface area contributed by atoms with Crippen molar-refractivity contribution in [3.8, 4) is 0 Å². The summed E-state index contributed by atoms with van der Waals surface area (Å²) in [5, 5.41) is 0. The van der Waals surface area contributed by atoms with Gasteiger partial charge in [0.05, 0.1) is 0 Å². The zero-order valence-corrected chi connectivity index (χ0v) is 39.4. The molecular formula is C49H94N6. The Bertz CT molecular complexity index is 1200. The molecular weight excluding hydrogens is 673 g/mol. The average Bonchev–Trinajstić information content (AvgIpc) is 3.65. The highest BCUT2D eigenvalue weighted by atomic mass is 15.3. The molecule has 2 atom stereocenters. The normalized spacial score (nSPS) is 28.7. The van der Waals surface area contributed by atoms with Crippen LogP contribution in [-0.4, -0.2) is 143 Å². The Balaban J connectivity index is 0.872. The minimum absolute atomic E-state index is 0.288. The number of nitrogens with zero attached hydrogens (tertiary/aromatic N) is 6. The molecule has 0 spiro atoms. The van der Waals surface area contributed by atoms with E-state index in [0.717, 1.165) is 35.8 Å². The van der Waals surface area contributed by atoms with Crippen LogP contribution in [0.15, 0.2) is 0 Å². The highest BCUT2D eigenvalue weighted by Crippen LogP contribution is 2.44. The van der Waals surface area contributed by atoms with E-state index in [0.29, 0.717) is 27.3 Å². The van der Waals surface area contributed by atoms with Crippen molar-refractivity contribution in [2.24, 2.45) is 39.9 Å². The summed E-state index contributed by atoms with van der Waals surface area (Å²) in [5.74, 6) is 3.50. The summed E-state index contributed by atoms with van der Waals surface area (Å²) in [5.41, 5.74) is 2.21. The quantitative estimate of drug-likeness (QED) is 0.185. The zero-order valence-electron chi connectivity index (χ0n) is 39.4. The van der Waals surface area contributed by atoms with Gasteiger partial charge in [0.2, 0.25) is 0 Å². The van der Waals surface area contributed by atoms with Crippen molar-refractivity contribution in [1.29, 1.82) is 0 Å². The van der Waals surface area contributed by atoms with Gasteiger partial charge in [0.1, 0.15) is 0 Å². The first kappa shape index (κ1) is 44.3. The summed E-state index contributed by atoms with van der Waals surface area (Å²) in [4.78, 5) is 17.0. The fourth-order valence-electron chi connectivity index (χ4n) is 12.4. The number of likely N-dealkylation sites (tertiary alicyclic amines) is 6. The lowest BCUT2D eigenvalue weighted by atomic mass is 9.68. The molecule has 0 bridgehead atoms. The van der Waals surface area contributed by atoms with Gasteiger partial charge in [-0.05, 0) is 179 Å². The molecule has 6 rings (SSSR count). The van der Waals surface area contributed by atoms with E-state index < -0.39 is 0 Å². The molecule has 6 nitrogen and oxygen atoms in total. The van der Waals surface area contributed by atoms with E-state index in [9.17, 15) is 0 Å². The third-order valence-electron chi connectivity index (χ3n) is 17.4. The van der Waals surface area contributed by atoms with Gasteiger partial charge in [0.25, 0.3) is 0 Å². The summed E-state index contributed by atoms with van der Waals surface area (Å²) in [7, 11) is 0. The maximum atomic E-state index is 2.90. The van der Waals surface area contributed by atoms with E-state index in [-0.39, 0.29) is 5.54 Å². The average molecular weight is 767 g/mol. The number of piperidine rings is 3. The van der Waals surface area contributed by atoms with Gasteiger partial charge >= 0.3 is 0 Å². The molecule has 0 aromatic carbocycles. The van der Waals surface area contributed by atoms with Gasteiger partial charge in [-0.15, -0.1) is 0 Å². The van der Waals surface area contributed by atoms with Crippen molar-refractivity contribution in [3.05, 3.63) is 0 Å². The lowest BCUT2D eigenvalue weighted by molar-refractivity contribution is -0.0518. The predicted octanol–water partition coefficient (Wildman–Crippen LogP) is 9.44. The molecule has 0 aliphatic carbocycles. The second-order valence-corrected chi connectivity index (χ2v) is 25.3. The summed E-state index contributed by atoms with van der Waals surface area (Å²) < 4.78 is 0. The molecule has 0 radical (unpaired) electrons. The first-order valence-electron chi connectivity index (χ1n) is 23.9. The van der Waals surface area contributed by atoms with Crippen molar-refractivity contribution >= 4 is 0 Å². The molecule has 0 aromatic rings. The maximum Gasteiger partial charge on any atom is 0.0350 e. The van der Waals surface area contributed by atoms with Crippen LogP contribution in [0.4, 0.5) is 0 Å². The highest BCUT2D eigenvalue weighted by molar-refractivity contribution is 5.02. The maximum absolute atomic E-state index is 2.90. The largest absolute Gasteiger partial charge is 0.302 e. The summed E-state index contributed by atoms with van der Waals surface area (Å²) in [6.07, 6.45) is 13.7. The molecule has 0 amide bonds. The molecule has 6 fully saturated rings. The second-order valence-electron chi connectivity index (χ2n) is 25.3. The molecule has 55 heavy (non-hydrogen) atoms. The van der Waals surface area contributed by atoms with E-state index >= 15 is 0 Å². The van der Waals surface area contributed by atoms with Crippen LogP contribution in [0.3, 0.4) is 0 Å². The molecule has 6 aliphatic heterocycles. The second kappa shape index (κ2) is 16.7. The van der Waals surface area contributed by atoms with Crippen LogP contribution in [0.25, 0.3) is 0 Å². The third kappa shape index (κ3) is 10.9. The monoisotopic (exact) mass is 767 g/mol. The van der Waals surface area contributed by atoms with Crippen LogP contribution in [0.2, 0.25) is 0 Å². The van der Waals surface area contributed by atoms with Crippen molar-refractivity contribution in [2.45, 2.75) is 190 Å². The Morgan fingerprint density at radius 3 is 1.35 bits per heavy atom. The Kier molecular flexibility index (Phi) is 13.4. The van der Waals surface area contributed by atoms with Crippen molar-refractivity contribution in [2.75, 3.05) is 85.1 Å². The van der Waals surface area contributed by atoms with Gasteiger partial charge in [0.15, 0.2) is 0 Å². The van der Waals surface area contributed by atoms with Crippen LogP contribution < -0.4 is 0 Å². The van der Waals surface area contributed by atoms with Crippen molar-refractivity contribution in [1.82, 2.24) is 29.4 Å². The van der Waals surface area contributed by atoms with Crippen LogP contribution in [0.5, 0.6) is 0 Å². The molecule has 2 unspecified atom stereocenters. The first-order valence-corrected chi connectivity index (χ1v) is 23.9. The van der Waals surface area contributed by atoms with E-state index in [1.165, 1.54) is 149 Å². The smallest absolute Gasteiger partial charge is 0.0350 e. The third-order valence-corrected chi connectivity index (χ3v) is 17.4. The minimum Gasteiger partial charge on any atom is -0.302 e. The number of hydrogen-bond donors (Lipinski definition) is 0. The molecule has 6 heteroatoms. The van der Waals surface area contributed by atoms with Gasteiger partial charge in [-0.25, -0.2) is 0 Å². The van der Waals surface area contributed by atoms with Gasteiger partial charge in [-0.3, -0.25) is 19.6 Å². The van der Waals surface area contributed by atoms with Gasteiger partial charge in [-0.2, -0.15) is 0 Å². The van der Waals surface area contributed by atoms with Gasteiger partial charge in [-0.1, -0.05) is 48.5 Å². The Morgan fingerprint density at radius 2 is 0.873 bits per heavy atom. The van der Waals surface area contributed by atoms with Crippen LogP contribution >= 0.6 is 0 Å². The molecule has 6 heterocycles. The van der Waals surface area contributed by atoms with Crippen molar-refractivity contribution in [3.63, 3.8) is 0 Å². The van der Waals surface area contributed by atoms with E-state index in [1.54, 1.807) is 0 Å². The molecule has 0 aromatic heterocycles. The first-order chi connectivity index (χ1) is 25.4. The summed E-state index contributed by atoms with van der Waals surface area (Å²) in [6, 6.07) is 1.61. The molecule has 320 valence electrons. The lowest BCUT2D eigenvalue weighted by Gasteiger charge is -2.55. The fourth-order valence-corrected chi connectivity index (χ4v) is 12.4. The van der Waals surface area contributed by atoms with Gasteiger partial charge in [0, 0.05) is 87.6 Å². The Morgan fingerprint density at radius 1 is 0.418 bits per heavy atom. The summed E-state index contributed by atoms with van der Waals surface area (Å²) >= 11 is 0. The van der Waals surface area contributed by atoms with Crippen LogP contribution in [0.1, 0.15) is 161 Å². The van der Waals surface area contributed by atoms with E-state index in [2.05, 4.69) is 126 Å². The summed E-state index contributed by atoms with van der Waals surface area (Å²) in [6.45, 7) is 52.0. The fraction of sp³-hybridized carbons (Fsp3) is 1.00. The van der Waals surface area contributed by atoms with E-state index in [4.69, 9.17) is 0 Å². The topological polar surface area (TPSA) is 19.4 Å². The predicted molar refractivity (Wildman–Crippen MR) is 237 cm³/mol. The van der Waals surface area contributed by atoms with Gasteiger partial charge < -0.3 is 9.80 Å².